The van der Waals surface area contributed by atoms with Crippen molar-refractivity contribution < 1.29 is 13.3 Å². The van der Waals surface area contributed by atoms with E-state index in [1.165, 1.54) is 17.4 Å². The predicted molar refractivity (Wildman–Crippen MR) is 77.3 cm³/mol. The molecular formula is C13H7BrF2N2OS. The number of benzene rings is 1. The molecule has 2 aromatic heterocycles. The average molecular weight is 357 g/mol. The molecule has 3 aromatic rings. The second kappa shape index (κ2) is 4.99. The van der Waals surface area contributed by atoms with Crippen LogP contribution in [0.2, 0.25) is 0 Å². The molecule has 0 unspecified atom stereocenters. The van der Waals surface area contributed by atoms with Crippen molar-refractivity contribution in [3.63, 3.8) is 0 Å². The molecule has 0 aliphatic heterocycles. The Morgan fingerprint density at radius 3 is 2.70 bits per heavy atom. The number of hydrogen-bond donors (Lipinski definition) is 1. The van der Waals surface area contributed by atoms with Gasteiger partial charge in [0, 0.05) is 16.1 Å². The van der Waals surface area contributed by atoms with Gasteiger partial charge in [0.2, 0.25) is 0 Å². The minimum Gasteiger partial charge on any atom is -0.380 e. The van der Waals surface area contributed by atoms with Crippen LogP contribution in [0.15, 0.2) is 38.6 Å². The molecule has 0 saturated heterocycles. The highest BCUT2D eigenvalue weighted by Crippen LogP contribution is 2.42. The van der Waals surface area contributed by atoms with Gasteiger partial charge >= 0.3 is 0 Å². The maximum absolute atomic E-state index is 13.9. The number of halogens is 3. The lowest BCUT2D eigenvalue weighted by atomic mass is 10.0. The maximum atomic E-state index is 13.9. The van der Waals surface area contributed by atoms with Crippen molar-refractivity contribution in [2.24, 2.45) is 0 Å². The molecule has 0 atom stereocenters. The third-order valence-corrected chi connectivity index (χ3v) is 4.58. The van der Waals surface area contributed by atoms with Gasteiger partial charge in [0.25, 0.3) is 0 Å². The van der Waals surface area contributed by atoms with Crippen LogP contribution in [0.4, 0.5) is 14.6 Å². The lowest BCUT2D eigenvalue weighted by molar-refractivity contribution is 0.436. The van der Waals surface area contributed by atoms with Crippen LogP contribution < -0.4 is 5.73 Å². The number of rotatable bonds is 2. The summed E-state index contributed by atoms with van der Waals surface area (Å²) in [5, 5.41) is 5.53. The van der Waals surface area contributed by atoms with Gasteiger partial charge in [-0.1, -0.05) is 5.16 Å². The summed E-state index contributed by atoms with van der Waals surface area (Å²) in [6.45, 7) is 0. The van der Waals surface area contributed by atoms with E-state index < -0.39 is 11.6 Å². The Kier molecular flexibility index (Phi) is 3.31. The van der Waals surface area contributed by atoms with Crippen LogP contribution in [0.3, 0.4) is 0 Å². The molecule has 2 heterocycles. The van der Waals surface area contributed by atoms with E-state index in [-0.39, 0.29) is 11.4 Å². The van der Waals surface area contributed by atoms with Crippen molar-refractivity contribution >= 4 is 33.1 Å². The molecular weight excluding hydrogens is 350 g/mol. The molecule has 1 aromatic carbocycles. The summed E-state index contributed by atoms with van der Waals surface area (Å²) in [4.78, 5) is 0.743. The molecule has 0 aliphatic carbocycles. The number of anilines is 1. The van der Waals surface area contributed by atoms with E-state index in [0.717, 1.165) is 21.5 Å². The third-order valence-electron chi connectivity index (χ3n) is 2.74. The Hall–Kier alpha value is -1.73. The van der Waals surface area contributed by atoms with Gasteiger partial charge in [-0.2, -0.15) is 0 Å². The molecule has 0 aliphatic rings. The lowest BCUT2D eigenvalue weighted by Crippen LogP contribution is -1.92. The maximum Gasteiger partial charge on any atom is 0.188 e. The molecule has 3 nitrogen and oxygen atoms in total. The zero-order chi connectivity index (χ0) is 14.3. The molecule has 102 valence electrons. The summed E-state index contributed by atoms with van der Waals surface area (Å²) in [5.74, 6) is -0.949. The van der Waals surface area contributed by atoms with Crippen LogP contribution in [0.25, 0.3) is 21.8 Å². The monoisotopic (exact) mass is 356 g/mol. The van der Waals surface area contributed by atoms with E-state index >= 15 is 0 Å². The Morgan fingerprint density at radius 1 is 1.25 bits per heavy atom. The highest BCUT2D eigenvalue weighted by Gasteiger charge is 2.23. The van der Waals surface area contributed by atoms with E-state index in [1.807, 2.05) is 11.4 Å². The third kappa shape index (κ3) is 2.12. The first kappa shape index (κ1) is 13.3. The van der Waals surface area contributed by atoms with Gasteiger partial charge in [-0.25, -0.2) is 8.78 Å². The van der Waals surface area contributed by atoms with Crippen molar-refractivity contribution in [3.05, 3.63) is 45.8 Å². The molecule has 0 saturated carbocycles. The molecule has 3 rings (SSSR count). The summed E-state index contributed by atoms with van der Waals surface area (Å²) < 4.78 is 33.0. The number of hydrogen-bond acceptors (Lipinski definition) is 4. The average Bonchev–Trinajstić information content (AvgIpc) is 2.96. The van der Waals surface area contributed by atoms with E-state index in [0.29, 0.717) is 11.3 Å². The molecule has 0 radical (unpaired) electrons. The van der Waals surface area contributed by atoms with E-state index in [2.05, 4.69) is 21.1 Å². The number of aromatic nitrogens is 1. The van der Waals surface area contributed by atoms with Crippen LogP contribution in [-0.4, -0.2) is 5.16 Å². The SMILES string of the molecule is Nc1noc(-c2sccc2Br)c1-c1ccc(F)cc1F. The lowest BCUT2D eigenvalue weighted by Gasteiger charge is -2.03. The number of nitrogen functional groups attached to an aromatic ring is 1. The fourth-order valence-corrected chi connectivity index (χ4v) is 3.40. The quantitative estimate of drug-likeness (QED) is 0.724. The predicted octanol–water partition coefficient (Wildman–Crippen LogP) is 4.69. The fraction of sp³-hybridized carbons (Fsp3) is 0. The van der Waals surface area contributed by atoms with Gasteiger partial charge in [-0.05, 0) is 39.5 Å². The number of nitrogens with two attached hydrogens (primary N) is 1. The second-order valence-corrected chi connectivity index (χ2v) is 5.76. The van der Waals surface area contributed by atoms with Crippen molar-refractivity contribution in [2.45, 2.75) is 0 Å². The van der Waals surface area contributed by atoms with Crippen LogP contribution in [-0.2, 0) is 0 Å². The number of nitrogens with zero attached hydrogens (tertiary/aromatic N) is 1. The minimum atomic E-state index is -0.714. The Bertz CT molecular complexity index is 785. The van der Waals surface area contributed by atoms with Crippen LogP contribution in [0, 0.1) is 11.6 Å². The van der Waals surface area contributed by atoms with Gasteiger partial charge in [0.1, 0.15) is 11.6 Å². The van der Waals surface area contributed by atoms with Crippen molar-refractivity contribution in [1.29, 1.82) is 0 Å². The Labute approximate surface area is 125 Å². The zero-order valence-electron chi connectivity index (χ0n) is 9.86. The van der Waals surface area contributed by atoms with Crippen LogP contribution >= 0.6 is 27.3 Å². The normalized spacial score (nSPS) is 10.9. The molecule has 0 spiro atoms. The summed E-state index contributed by atoms with van der Waals surface area (Å²) in [5.41, 5.74) is 6.24. The fourth-order valence-electron chi connectivity index (χ4n) is 1.87. The van der Waals surface area contributed by atoms with E-state index in [1.54, 1.807) is 0 Å². The highest BCUT2D eigenvalue weighted by atomic mass is 79.9. The molecule has 7 heteroatoms. The van der Waals surface area contributed by atoms with Gasteiger partial charge in [0.05, 0.1) is 10.4 Å². The largest absolute Gasteiger partial charge is 0.380 e. The van der Waals surface area contributed by atoms with Gasteiger partial charge < -0.3 is 10.3 Å². The molecule has 20 heavy (non-hydrogen) atoms. The van der Waals surface area contributed by atoms with Gasteiger partial charge in [0.15, 0.2) is 11.6 Å². The van der Waals surface area contributed by atoms with E-state index in [9.17, 15) is 8.78 Å². The first-order chi connectivity index (χ1) is 9.58. The zero-order valence-corrected chi connectivity index (χ0v) is 12.3. The summed E-state index contributed by atoms with van der Waals surface area (Å²) in [6.07, 6.45) is 0. The van der Waals surface area contributed by atoms with Gasteiger partial charge in [-0.15, -0.1) is 11.3 Å². The van der Waals surface area contributed by atoms with Crippen molar-refractivity contribution in [2.75, 3.05) is 5.73 Å². The van der Waals surface area contributed by atoms with E-state index in [4.69, 9.17) is 10.3 Å². The van der Waals surface area contributed by atoms with Crippen LogP contribution in [0.1, 0.15) is 0 Å². The second-order valence-electron chi connectivity index (χ2n) is 3.99. The summed E-state index contributed by atoms with van der Waals surface area (Å²) in [7, 11) is 0. The molecule has 0 bridgehead atoms. The topological polar surface area (TPSA) is 52.0 Å². The van der Waals surface area contributed by atoms with Crippen molar-refractivity contribution in [1.82, 2.24) is 5.16 Å². The minimum absolute atomic E-state index is 0.0609. The molecule has 0 fully saturated rings. The van der Waals surface area contributed by atoms with Gasteiger partial charge in [-0.3, -0.25) is 0 Å². The standard InChI is InChI=1S/C13H7BrF2N2OS/c14-8-3-4-20-12(8)11-10(13(17)18-19-11)7-2-1-6(15)5-9(7)16/h1-5H,(H2,17,18). The summed E-state index contributed by atoms with van der Waals surface area (Å²) in [6, 6.07) is 5.12. The number of thiophene rings is 1. The molecule has 0 amide bonds. The smallest absolute Gasteiger partial charge is 0.188 e. The summed E-state index contributed by atoms with van der Waals surface area (Å²) >= 11 is 4.78. The Balaban J connectivity index is 2.24. The Morgan fingerprint density at radius 2 is 2.05 bits per heavy atom. The first-order valence-electron chi connectivity index (χ1n) is 5.52. The van der Waals surface area contributed by atoms with Crippen molar-refractivity contribution in [3.8, 4) is 21.8 Å². The van der Waals surface area contributed by atoms with Crippen LogP contribution in [0.5, 0.6) is 0 Å². The molecule has 2 N–H and O–H groups in total. The highest BCUT2D eigenvalue weighted by molar-refractivity contribution is 9.10. The first-order valence-corrected chi connectivity index (χ1v) is 7.19.